The molecule has 2 bridgehead atoms. The first kappa shape index (κ1) is 17.0. The van der Waals surface area contributed by atoms with E-state index in [1.807, 2.05) is 0 Å². The lowest BCUT2D eigenvalue weighted by molar-refractivity contribution is 0.0120. The normalized spacial score (nSPS) is 37.2. The molecule has 4 heteroatoms. The van der Waals surface area contributed by atoms with Crippen LogP contribution >= 0.6 is 0 Å². The van der Waals surface area contributed by atoms with Crippen molar-refractivity contribution in [3.05, 3.63) is 29.8 Å². The second-order valence-corrected chi connectivity index (χ2v) is 7.96. The molecule has 136 valence electrons. The van der Waals surface area contributed by atoms with Crippen LogP contribution < -0.4 is 4.74 Å². The molecule has 2 aliphatic carbocycles. The fourth-order valence-electron chi connectivity index (χ4n) is 5.21. The van der Waals surface area contributed by atoms with E-state index in [2.05, 4.69) is 36.2 Å². The van der Waals surface area contributed by atoms with Crippen molar-refractivity contribution in [2.24, 2.45) is 16.8 Å². The summed E-state index contributed by atoms with van der Waals surface area (Å²) in [7, 11) is 0. The molecule has 4 rings (SSSR count). The predicted octanol–water partition coefficient (Wildman–Crippen LogP) is 4.69. The number of benzene rings is 1. The van der Waals surface area contributed by atoms with Gasteiger partial charge in [-0.1, -0.05) is 31.9 Å². The van der Waals surface area contributed by atoms with Crippen molar-refractivity contribution in [3.8, 4) is 5.75 Å². The third kappa shape index (κ3) is 3.21. The summed E-state index contributed by atoms with van der Waals surface area (Å²) in [6.07, 6.45) is 8.91. The maximum absolute atomic E-state index is 12.5. The van der Waals surface area contributed by atoms with Crippen molar-refractivity contribution in [2.45, 2.75) is 63.2 Å². The lowest BCUT2D eigenvalue weighted by Crippen LogP contribution is -2.45. The van der Waals surface area contributed by atoms with Gasteiger partial charge in [0.15, 0.2) is 6.23 Å². The summed E-state index contributed by atoms with van der Waals surface area (Å²) in [4.78, 5) is 4.13. The van der Waals surface area contributed by atoms with Crippen LogP contribution in [0.3, 0.4) is 0 Å². The van der Waals surface area contributed by atoms with Gasteiger partial charge >= 0.3 is 0 Å². The van der Waals surface area contributed by atoms with Gasteiger partial charge in [-0.05, 0) is 60.6 Å². The van der Waals surface area contributed by atoms with Crippen LogP contribution in [0.2, 0.25) is 0 Å². The molecule has 0 aromatic heterocycles. The summed E-state index contributed by atoms with van der Waals surface area (Å²) in [6, 6.07) is 8.62. The third-order valence-corrected chi connectivity index (χ3v) is 6.68. The number of rotatable bonds is 5. The van der Waals surface area contributed by atoms with Gasteiger partial charge in [0.25, 0.3) is 0 Å². The zero-order valence-corrected chi connectivity index (χ0v) is 15.0. The molecule has 0 N–H and O–H groups in total. The number of hydrogen-bond acceptors (Lipinski definition) is 3. The first-order valence-corrected chi connectivity index (χ1v) is 9.68. The van der Waals surface area contributed by atoms with E-state index in [1.165, 1.54) is 50.3 Å². The average Bonchev–Trinajstić information content (AvgIpc) is 3.08. The molecule has 0 spiro atoms. The number of alkyl halides is 1. The summed E-state index contributed by atoms with van der Waals surface area (Å²) in [5.41, 5.74) is 1.78. The van der Waals surface area contributed by atoms with Gasteiger partial charge in [0.05, 0.1) is 0 Å². The Labute approximate surface area is 149 Å². The zero-order chi connectivity index (χ0) is 17.3. The second kappa shape index (κ2) is 7.06. The fraction of sp³-hybridized carbons (Fsp3) is 0.667. The van der Waals surface area contributed by atoms with Gasteiger partial charge in [0, 0.05) is 6.21 Å². The van der Waals surface area contributed by atoms with Crippen LogP contribution in [-0.4, -0.2) is 31.8 Å². The molecule has 25 heavy (non-hydrogen) atoms. The van der Waals surface area contributed by atoms with Crippen molar-refractivity contribution >= 4 is 6.21 Å². The van der Waals surface area contributed by atoms with Crippen LogP contribution in [0.5, 0.6) is 5.75 Å². The number of aliphatic imine (C=N–C) groups is 1. The first-order chi connectivity index (χ1) is 12.2. The quantitative estimate of drug-likeness (QED) is 0.775. The number of hydrogen-bond donors (Lipinski definition) is 0. The van der Waals surface area contributed by atoms with Crippen LogP contribution in [0.25, 0.3) is 0 Å². The van der Waals surface area contributed by atoms with E-state index in [-0.39, 0.29) is 0 Å². The van der Waals surface area contributed by atoms with Crippen LogP contribution in [-0.2, 0) is 10.2 Å². The highest BCUT2D eigenvalue weighted by Crippen LogP contribution is 2.54. The molecule has 0 amide bonds. The van der Waals surface area contributed by atoms with Crippen LogP contribution in [0, 0.1) is 11.8 Å². The Kier molecular flexibility index (Phi) is 4.81. The summed E-state index contributed by atoms with van der Waals surface area (Å²) >= 11 is 0. The van der Waals surface area contributed by atoms with Gasteiger partial charge in [0.1, 0.15) is 25.1 Å². The molecule has 1 heterocycles. The lowest BCUT2D eigenvalue weighted by Gasteiger charge is -2.52. The number of halogens is 1. The van der Waals surface area contributed by atoms with E-state index in [4.69, 9.17) is 9.47 Å². The van der Waals surface area contributed by atoms with Gasteiger partial charge in [-0.3, -0.25) is 4.99 Å². The molecule has 3 aliphatic rings. The molecule has 2 atom stereocenters. The predicted molar refractivity (Wildman–Crippen MR) is 97.1 cm³/mol. The molecule has 3 nitrogen and oxygen atoms in total. The van der Waals surface area contributed by atoms with Gasteiger partial charge < -0.3 is 9.47 Å². The van der Waals surface area contributed by atoms with E-state index >= 15 is 0 Å². The summed E-state index contributed by atoms with van der Waals surface area (Å²) < 4.78 is 23.7. The largest absolute Gasteiger partial charge is 0.489 e. The highest BCUT2D eigenvalue weighted by atomic mass is 19.1. The van der Waals surface area contributed by atoms with Gasteiger partial charge in [-0.25, -0.2) is 4.39 Å². The highest BCUT2D eigenvalue weighted by Gasteiger charge is 2.46. The molecular weight excluding hydrogens is 317 g/mol. The Morgan fingerprint density at radius 3 is 2.32 bits per heavy atom. The highest BCUT2D eigenvalue weighted by molar-refractivity contribution is 5.65. The van der Waals surface area contributed by atoms with Gasteiger partial charge in [-0.15, -0.1) is 0 Å². The standard InChI is InChI=1S/C21H28FNO2/c1-21(15-4-2-5-16(21)7-3-6-15)17-8-10-18(11-9-17)24-14-20-23-13-19(12-22)25-20/h8-11,13,15-16,19-20H,2-7,12,14H2,1H3/t15?,16?,19?,20-,21?/m0/s1. The molecule has 1 aromatic rings. The first-order valence-electron chi connectivity index (χ1n) is 9.68. The van der Waals surface area contributed by atoms with Crippen LogP contribution in [0.1, 0.15) is 51.0 Å². The molecule has 1 aromatic carbocycles. The van der Waals surface area contributed by atoms with Gasteiger partial charge in [0.2, 0.25) is 0 Å². The minimum absolute atomic E-state index is 0.322. The molecule has 0 saturated heterocycles. The molecule has 0 radical (unpaired) electrons. The molecular formula is C21H28FNO2. The third-order valence-electron chi connectivity index (χ3n) is 6.68. The monoisotopic (exact) mass is 345 g/mol. The molecule has 1 aliphatic heterocycles. The van der Waals surface area contributed by atoms with Crippen molar-refractivity contribution in [2.75, 3.05) is 13.3 Å². The minimum Gasteiger partial charge on any atom is -0.489 e. The molecule has 2 saturated carbocycles. The van der Waals surface area contributed by atoms with Crippen LogP contribution in [0.15, 0.2) is 29.3 Å². The Bertz CT molecular complexity index is 593. The summed E-state index contributed by atoms with van der Waals surface area (Å²) in [5.74, 6) is 2.48. The van der Waals surface area contributed by atoms with E-state index < -0.39 is 19.0 Å². The van der Waals surface area contributed by atoms with Crippen LogP contribution in [0.4, 0.5) is 4.39 Å². The van der Waals surface area contributed by atoms with E-state index in [0.717, 1.165) is 17.6 Å². The van der Waals surface area contributed by atoms with Crippen molar-refractivity contribution in [1.29, 1.82) is 0 Å². The fourth-order valence-corrected chi connectivity index (χ4v) is 5.21. The Hall–Kier alpha value is -1.42. The Morgan fingerprint density at radius 2 is 1.76 bits per heavy atom. The van der Waals surface area contributed by atoms with Crippen molar-refractivity contribution in [3.63, 3.8) is 0 Å². The van der Waals surface area contributed by atoms with Crippen molar-refractivity contribution < 1.29 is 13.9 Å². The minimum atomic E-state index is -0.532. The van der Waals surface area contributed by atoms with E-state index in [1.54, 1.807) is 0 Å². The Balaban J connectivity index is 1.41. The maximum Gasteiger partial charge on any atom is 0.182 e. The summed E-state index contributed by atoms with van der Waals surface area (Å²) in [6.45, 7) is 2.28. The van der Waals surface area contributed by atoms with Crippen molar-refractivity contribution in [1.82, 2.24) is 0 Å². The zero-order valence-electron chi connectivity index (χ0n) is 15.0. The SMILES string of the molecule is CC1(c2ccc(OC[C@H]3N=CC(CF)O3)cc2)C2CCCC1CCC2. The number of ether oxygens (including phenoxy) is 2. The van der Waals surface area contributed by atoms with E-state index in [0.29, 0.717) is 12.0 Å². The topological polar surface area (TPSA) is 30.8 Å². The van der Waals surface area contributed by atoms with Gasteiger partial charge in [-0.2, -0.15) is 0 Å². The maximum atomic E-state index is 12.5. The number of nitrogens with zero attached hydrogens (tertiary/aromatic N) is 1. The molecule has 1 unspecified atom stereocenters. The smallest absolute Gasteiger partial charge is 0.182 e. The average molecular weight is 345 g/mol. The Morgan fingerprint density at radius 1 is 1.12 bits per heavy atom. The summed E-state index contributed by atoms with van der Waals surface area (Å²) in [5, 5.41) is 0. The second-order valence-electron chi connectivity index (χ2n) is 7.96. The molecule has 2 fully saturated rings. The number of fused-ring (bicyclic) bond motifs is 2. The lowest BCUT2D eigenvalue weighted by atomic mass is 9.53. The van der Waals surface area contributed by atoms with E-state index in [9.17, 15) is 4.39 Å².